The van der Waals surface area contributed by atoms with Crippen molar-refractivity contribution < 1.29 is 9.18 Å². The van der Waals surface area contributed by atoms with Crippen LogP contribution in [0.15, 0.2) is 48.8 Å². The van der Waals surface area contributed by atoms with Gasteiger partial charge in [-0.2, -0.15) is 5.10 Å². The molecule has 0 unspecified atom stereocenters. The first-order chi connectivity index (χ1) is 14.2. The number of hydrogen-bond acceptors (Lipinski definition) is 3. The van der Waals surface area contributed by atoms with Crippen LogP contribution in [-0.4, -0.2) is 20.7 Å². The maximum absolute atomic E-state index is 14.5. The van der Waals surface area contributed by atoms with Crippen LogP contribution < -0.4 is 5.32 Å². The van der Waals surface area contributed by atoms with E-state index < -0.39 is 0 Å². The number of carbonyl (C=O) groups excluding carboxylic acids is 1. The SMILES string of the molecule is O=C(NC1(c2ccncc2)CCC1)c1nn(-c2ccccc2F)c2c1C[C@H]1C[C@@H]21. The van der Waals surface area contributed by atoms with Crippen molar-refractivity contribution in [3.8, 4) is 5.69 Å². The molecule has 5 nitrogen and oxygen atoms in total. The van der Waals surface area contributed by atoms with E-state index in [1.807, 2.05) is 12.1 Å². The average molecular weight is 388 g/mol. The van der Waals surface area contributed by atoms with Crippen molar-refractivity contribution in [2.45, 2.75) is 43.6 Å². The number of amides is 1. The first kappa shape index (κ1) is 16.9. The van der Waals surface area contributed by atoms with Crippen molar-refractivity contribution in [1.29, 1.82) is 0 Å². The largest absolute Gasteiger partial charge is 0.341 e. The highest BCUT2D eigenvalue weighted by Crippen LogP contribution is 2.57. The smallest absolute Gasteiger partial charge is 0.272 e. The number of hydrogen-bond donors (Lipinski definition) is 1. The van der Waals surface area contributed by atoms with Crippen LogP contribution in [0.3, 0.4) is 0 Å². The van der Waals surface area contributed by atoms with Crippen molar-refractivity contribution in [2.24, 2.45) is 5.92 Å². The molecular formula is C23H21FN4O. The lowest BCUT2D eigenvalue weighted by molar-refractivity contribution is 0.0816. The van der Waals surface area contributed by atoms with E-state index in [0.29, 0.717) is 23.2 Å². The summed E-state index contributed by atoms with van der Waals surface area (Å²) in [6.45, 7) is 0. The minimum absolute atomic E-state index is 0.158. The van der Waals surface area contributed by atoms with E-state index in [1.165, 1.54) is 6.07 Å². The third kappa shape index (κ3) is 2.48. The second-order valence-electron chi connectivity index (χ2n) is 8.51. The van der Waals surface area contributed by atoms with Crippen molar-refractivity contribution in [1.82, 2.24) is 20.1 Å². The van der Waals surface area contributed by atoms with E-state index in [-0.39, 0.29) is 17.3 Å². The molecular weight excluding hydrogens is 367 g/mol. The predicted octanol–water partition coefficient (Wildman–Crippen LogP) is 3.88. The Morgan fingerprint density at radius 1 is 1.17 bits per heavy atom. The van der Waals surface area contributed by atoms with Gasteiger partial charge in [0.2, 0.25) is 0 Å². The number of carbonyl (C=O) groups is 1. The molecule has 0 bridgehead atoms. The van der Waals surface area contributed by atoms with Gasteiger partial charge in [-0.3, -0.25) is 9.78 Å². The lowest BCUT2D eigenvalue weighted by Gasteiger charge is -2.42. The van der Waals surface area contributed by atoms with Crippen LogP contribution in [0.2, 0.25) is 0 Å². The molecule has 6 heteroatoms. The molecule has 2 saturated carbocycles. The molecule has 2 heterocycles. The third-order valence-electron chi connectivity index (χ3n) is 6.85. The number of fused-ring (bicyclic) bond motifs is 3. The number of aromatic nitrogens is 3. The van der Waals surface area contributed by atoms with Crippen LogP contribution in [0.5, 0.6) is 0 Å². The number of benzene rings is 1. The fraction of sp³-hybridized carbons (Fsp3) is 0.348. The van der Waals surface area contributed by atoms with Crippen LogP contribution in [0.4, 0.5) is 4.39 Å². The van der Waals surface area contributed by atoms with Gasteiger partial charge in [0.25, 0.3) is 5.91 Å². The van der Waals surface area contributed by atoms with Gasteiger partial charge in [-0.15, -0.1) is 0 Å². The summed E-state index contributed by atoms with van der Waals surface area (Å²) in [6, 6.07) is 10.6. The lowest BCUT2D eigenvalue weighted by Crippen LogP contribution is -2.51. The normalized spacial score (nSPS) is 23.1. The quantitative estimate of drug-likeness (QED) is 0.738. The molecule has 0 aliphatic heterocycles. The van der Waals surface area contributed by atoms with Crippen LogP contribution in [0.1, 0.15) is 58.9 Å². The fourth-order valence-corrected chi connectivity index (χ4v) is 5.07. The number of halogens is 1. The monoisotopic (exact) mass is 388 g/mol. The number of pyridine rings is 1. The predicted molar refractivity (Wildman–Crippen MR) is 105 cm³/mol. The molecule has 1 amide bonds. The van der Waals surface area contributed by atoms with Gasteiger partial charge in [0, 0.05) is 23.9 Å². The van der Waals surface area contributed by atoms with Crippen LogP contribution in [0, 0.1) is 11.7 Å². The van der Waals surface area contributed by atoms with Crippen molar-refractivity contribution >= 4 is 5.91 Å². The highest BCUT2D eigenvalue weighted by atomic mass is 19.1. The van der Waals surface area contributed by atoms with Gasteiger partial charge < -0.3 is 5.32 Å². The van der Waals surface area contributed by atoms with Gasteiger partial charge in [0.1, 0.15) is 11.5 Å². The van der Waals surface area contributed by atoms with Gasteiger partial charge in [-0.25, -0.2) is 9.07 Å². The number of nitrogens with one attached hydrogen (secondary N) is 1. The zero-order valence-corrected chi connectivity index (χ0v) is 15.9. The standard InChI is InChI=1S/C23H21FN4O/c24-18-4-1-2-5-19(18)28-21-16-12-14(16)13-17(21)20(27-28)22(29)26-23(8-3-9-23)15-6-10-25-11-7-15/h1-2,4-7,10-11,14,16H,3,8-9,12-13H2,(H,26,29)/t14-,16-/m1/s1. The third-order valence-corrected chi connectivity index (χ3v) is 6.85. The number of rotatable bonds is 4. The Balaban J connectivity index is 1.39. The van der Waals surface area contributed by atoms with Crippen LogP contribution in [0.25, 0.3) is 5.69 Å². The summed E-state index contributed by atoms with van der Waals surface area (Å²) in [5.74, 6) is 0.497. The molecule has 2 atom stereocenters. The molecule has 29 heavy (non-hydrogen) atoms. The molecule has 146 valence electrons. The van der Waals surface area contributed by atoms with Gasteiger partial charge in [-0.1, -0.05) is 12.1 Å². The maximum atomic E-state index is 14.5. The van der Waals surface area contributed by atoms with E-state index in [4.69, 9.17) is 0 Å². The Kier molecular flexibility index (Phi) is 3.49. The second kappa shape index (κ2) is 5.99. The van der Waals surface area contributed by atoms with E-state index >= 15 is 0 Å². The minimum atomic E-state index is -0.351. The molecule has 1 aromatic carbocycles. The van der Waals surface area contributed by atoms with Crippen molar-refractivity contribution in [3.63, 3.8) is 0 Å². The highest BCUT2D eigenvalue weighted by molar-refractivity contribution is 5.95. The summed E-state index contributed by atoms with van der Waals surface area (Å²) >= 11 is 0. The highest BCUT2D eigenvalue weighted by Gasteiger charge is 2.51. The Labute approximate surface area is 168 Å². The van der Waals surface area contributed by atoms with E-state index in [2.05, 4.69) is 15.4 Å². The van der Waals surface area contributed by atoms with Crippen LogP contribution in [-0.2, 0) is 12.0 Å². The molecule has 3 aliphatic carbocycles. The number of nitrogens with zero attached hydrogens (tertiary/aromatic N) is 3. The molecule has 6 rings (SSSR count). The van der Waals surface area contributed by atoms with Gasteiger partial charge in [0.05, 0.1) is 11.2 Å². The van der Waals surface area contributed by atoms with E-state index in [9.17, 15) is 9.18 Å². The topological polar surface area (TPSA) is 59.8 Å². The first-order valence-corrected chi connectivity index (χ1v) is 10.3. The fourth-order valence-electron chi connectivity index (χ4n) is 5.07. The Hall–Kier alpha value is -3.02. The minimum Gasteiger partial charge on any atom is -0.341 e. The molecule has 2 fully saturated rings. The Morgan fingerprint density at radius 2 is 1.97 bits per heavy atom. The average Bonchev–Trinajstić information content (AvgIpc) is 3.21. The Bertz CT molecular complexity index is 1120. The molecule has 2 aromatic heterocycles. The molecule has 3 aliphatic rings. The maximum Gasteiger partial charge on any atom is 0.272 e. The summed E-state index contributed by atoms with van der Waals surface area (Å²) < 4.78 is 16.2. The zero-order chi connectivity index (χ0) is 19.6. The zero-order valence-electron chi connectivity index (χ0n) is 15.9. The summed E-state index contributed by atoms with van der Waals surface area (Å²) in [4.78, 5) is 17.4. The van der Waals surface area contributed by atoms with Gasteiger partial charge in [0.15, 0.2) is 5.69 Å². The summed E-state index contributed by atoms with van der Waals surface area (Å²) in [6.07, 6.45) is 8.39. The molecule has 0 radical (unpaired) electrons. The van der Waals surface area contributed by atoms with E-state index in [1.54, 1.807) is 35.3 Å². The molecule has 0 spiro atoms. The molecule has 3 aromatic rings. The van der Waals surface area contributed by atoms with Crippen molar-refractivity contribution in [2.75, 3.05) is 0 Å². The van der Waals surface area contributed by atoms with Gasteiger partial charge in [-0.05, 0) is 67.9 Å². The summed E-state index contributed by atoms with van der Waals surface area (Å²) in [7, 11) is 0. The second-order valence-corrected chi connectivity index (χ2v) is 8.51. The summed E-state index contributed by atoms with van der Waals surface area (Å²) in [5.41, 5.74) is 3.63. The lowest BCUT2D eigenvalue weighted by atomic mass is 9.72. The molecule has 0 saturated heterocycles. The number of para-hydroxylation sites is 1. The molecule has 1 N–H and O–H groups in total. The van der Waals surface area contributed by atoms with E-state index in [0.717, 1.165) is 48.9 Å². The van der Waals surface area contributed by atoms with Crippen molar-refractivity contribution in [3.05, 3.63) is 77.1 Å². The Morgan fingerprint density at radius 3 is 2.69 bits per heavy atom. The van der Waals surface area contributed by atoms with Crippen LogP contribution >= 0.6 is 0 Å². The first-order valence-electron chi connectivity index (χ1n) is 10.3. The summed E-state index contributed by atoms with van der Waals surface area (Å²) in [5, 5.41) is 7.89. The van der Waals surface area contributed by atoms with Gasteiger partial charge >= 0.3 is 0 Å².